The molecule has 1 N–H and O–H groups in total. The molecule has 0 saturated carbocycles. The van der Waals surface area contributed by atoms with Gasteiger partial charge in [0, 0.05) is 29.0 Å². The fourth-order valence-corrected chi connectivity index (χ4v) is 4.31. The first-order chi connectivity index (χ1) is 21.8. The van der Waals surface area contributed by atoms with Crippen LogP contribution in [-0.2, 0) is 24.7 Å². The van der Waals surface area contributed by atoms with Crippen molar-refractivity contribution >= 4 is 0 Å². The van der Waals surface area contributed by atoms with Crippen LogP contribution in [0.25, 0.3) is 0 Å². The van der Waals surface area contributed by atoms with Crippen LogP contribution >= 0.6 is 0 Å². The Hall–Kier alpha value is -5.49. The number of hydrogen-bond donors (Lipinski definition) is 1. The molecule has 0 saturated heterocycles. The van der Waals surface area contributed by atoms with E-state index in [2.05, 4.69) is 37.1 Å². The summed E-state index contributed by atoms with van der Waals surface area (Å²) in [7, 11) is 0. The average molecular weight is 644 g/mol. The minimum Gasteiger partial charge on any atom is -0.489 e. The summed E-state index contributed by atoms with van der Waals surface area (Å²) in [5, 5.41) is 21.4. The molecule has 1 atom stereocenters. The molecule has 8 nitrogen and oxygen atoms in total. The van der Waals surface area contributed by atoms with E-state index in [-0.39, 0.29) is 17.9 Å². The quantitative estimate of drug-likeness (QED) is 0.158. The smallest absolute Gasteiger partial charge is 0.489 e. The maximum Gasteiger partial charge on any atom is 0.573 e. The molecule has 0 bridgehead atoms. The van der Waals surface area contributed by atoms with Gasteiger partial charge < -0.3 is 14.6 Å². The zero-order chi connectivity index (χ0) is 33.0. The predicted octanol–water partition coefficient (Wildman–Crippen LogP) is 5.90. The van der Waals surface area contributed by atoms with Crippen molar-refractivity contribution in [1.29, 1.82) is 0 Å². The van der Waals surface area contributed by atoms with Crippen LogP contribution in [0.5, 0.6) is 11.5 Å². The minimum atomic E-state index is -4.81. The highest BCUT2D eigenvalue weighted by Gasteiger charge is 2.58. The predicted molar refractivity (Wildman–Crippen MR) is 146 cm³/mol. The summed E-state index contributed by atoms with van der Waals surface area (Å²) in [6, 6.07) is 15.7. The van der Waals surface area contributed by atoms with Gasteiger partial charge in [-0.2, -0.15) is 8.78 Å². The van der Waals surface area contributed by atoms with Crippen molar-refractivity contribution < 1.29 is 45.3 Å². The van der Waals surface area contributed by atoms with Gasteiger partial charge in [0.2, 0.25) is 0 Å². The van der Waals surface area contributed by atoms with Crippen LogP contribution in [0.15, 0.2) is 91.4 Å². The number of tetrazole rings is 1. The van der Waals surface area contributed by atoms with Gasteiger partial charge in [-0.05, 0) is 76.7 Å². The number of nitrogens with zero attached hydrogens (tertiary/aromatic N) is 5. The molecule has 15 heteroatoms. The van der Waals surface area contributed by atoms with Crippen molar-refractivity contribution in [2.75, 3.05) is 0 Å². The number of alkyl halides is 5. The highest BCUT2D eigenvalue weighted by molar-refractivity contribution is 5.44. The summed E-state index contributed by atoms with van der Waals surface area (Å²) < 4.78 is 108. The van der Waals surface area contributed by atoms with Crippen LogP contribution in [0.3, 0.4) is 0 Å². The van der Waals surface area contributed by atoms with Gasteiger partial charge in [-0.3, -0.25) is 4.98 Å². The summed E-state index contributed by atoms with van der Waals surface area (Å²) in [6.07, 6.45) is -2.82. The van der Waals surface area contributed by atoms with E-state index in [9.17, 15) is 27.1 Å². The van der Waals surface area contributed by atoms with E-state index in [4.69, 9.17) is 4.74 Å². The molecule has 0 fully saturated rings. The molecule has 3 aromatic carbocycles. The van der Waals surface area contributed by atoms with Crippen LogP contribution < -0.4 is 9.47 Å². The zero-order valence-electron chi connectivity index (χ0n) is 23.2. The lowest BCUT2D eigenvalue weighted by molar-refractivity contribution is -0.274. The Morgan fingerprint density at radius 1 is 0.826 bits per heavy atom. The van der Waals surface area contributed by atoms with Gasteiger partial charge in [-0.15, -0.1) is 18.3 Å². The Bertz CT molecular complexity index is 1860. The molecule has 1 unspecified atom stereocenters. The lowest BCUT2D eigenvalue weighted by Crippen LogP contribution is -2.48. The van der Waals surface area contributed by atoms with Crippen LogP contribution in [-0.4, -0.2) is 36.7 Å². The van der Waals surface area contributed by atoms with Gasteiger partial charge in [-0.1, -0.05) is 24.0 Å². The Morgan fingerprint density at radius 3 is 2.22 bits per heavy atom. The number of hydrogen-bond acceptors (Lipinski definition) is 7. The highest BCUT2D eigenvalue weighted by Crippen LogP contribution is 2.46. The van der Waals surface area contributed by atoms with Gasteiger partial charge in [-0.25, -0.2) is 13.5 Å². The minimum absolute atomic E-state index is 0.0264. The molecule has 0 aliphatic heterocycles. The number of benzene rings is 3. The summed E-state index contributed by atoms with van der Waals surface area (Å²) in [5.74, 6) is -1.01. The molecular weight excluding hydrogens is 623 g/mol. The highest BCUT2D eigenvalue weighted by atomic mass is 19.4. The monoisotopic (exact) mass is 643 g/mol. The Labute approximate surface area is 256 Å². The zero-order valence-corrected chi connectivity index (χ0v) is 23.2. The lowest BCUT2D eigenvalue weighted by Gasteiger charge is -2.35. The second-order valence-electron chi connectivity index (χ2n) is 9.76. The molecular formula is C31H20F7N5O3. The van der Waals surface area contributed by atoms with Crippen molar-refractivity contribution in [2.24, 2.45) is 0 Å². The maximum absolute atomic E-state index is 15.9. The lowest BCUT2D eigenvalue weighted by atomic mass is 9.84. The standard InChI is InChI=1S/C31H20F7N5O3/c32-23-9-12-26(27(33)15-23)29(44,18-43-19-40-41-42-43)30(34,35)28-13-8-21(16-39-28)5-4-20-6-10-24(11-7-20)45-17-22-2-1-3-25(14-22)46-31(36,37)38/h1-3,6-16,19,44H,17-18H2. The van der Waals surface area contributed by atoms with Crippen LogP contribution in [0.4, 0.5) is 30.7 Å². The van der Waals surface area contributed by atoms with Crippen LogP contribution in [0, 0.1) is 23.5 Å². The Kier molecular flexibility index (Phi) is 8.92. The number of rotatable bonds is 9. The van der Waals surface area contributed by atoms with Crippen molar-refractivity contribution in [3.63, 3.8) is 0 Å². The van der Waals surface area contributed by atoms with Gasteiger partial charge >= 0.3 is 12.3 Å². The van der Waals surface area contributed by atoms with E-state index in [1.807, 2.05) is 0 Å². The normalized spacial score (nSPS) is 13.0. The van der Waals surface area contributed by atoms with Gasteiger partial charge in [0.05, 0.1) is 6.54 Å². The number of halogens is 7. The molecule has 0 amide bonds. The van der Waals surface area contributed by atoms with Gasteiger partial charge in [0.25, 0.3) is 0 Å². The Balaban J connectivity index is 1.28. The molecule has 236 valence electrons. The molecule has 5 rings (SSSR count). The van der Waals surface area contributed by atoms with Crippen molar-refractivity contribution in [2.45, 2.75) is 31.0 Å². The SMILES string of the molecule is OC(Cn1cnnn1)(c1ccc(F)cc1F)C(F)(F)c1ccc(C#Cc2ccc(OCc3cccc(OC(F)(F)F)c3)cc2)cn1. The second-order valence-corrected chi connectivity index (χ2v) is 9.76. The van der Waals surface area contributed by atoms with E-state index < -0.39 is 47.3 Å². The van der Waals surface area contributed by atoms with Gasteiger partial charge in [0.15, 0.2) is 5.60 Å². The number of aliphatic hydroxyl groups is 1. The summed E-state index contributed by atoms with van der Waals surface area (Å²) in [6.45, 7) is -1.02. The fraction of sp³-hybridized carbons (Fsp3) is 0.161. The molecule has 0 spiro atoms. The molecule has 2 aromatic heterocycles. The summed E-state index contributed by atoms with van der Waals surface area (Å²) in [5.41, 5.74) is -3.89. The van der Waals surface area contributed by atoms with Gasteiger partial charge in [0.1, 0.15) is 41.8 Å². The first kappa shape index (κ1) is 31.9. The molecule has 0 aliphatic rings. The maximum atomic E-state index is 15.9. The Morgan fingerprint density at radius 2 is 1.57 bits per heavy atom. The largest absolute Gasteiger partial charge is 0.573 e. The third-order valence-electron chi connectivity index (χ3n) is 6.51. The fourth-order valence-electron chi connectivity index (χ4n) is 4.31. The van der Waals surface area contributed by atoms with Crippen LogP contribution in [0.1, 0.15) is 27.9 Å². The molecule has 0 aliphatic carbocycles. The molecule has 5 aromatic rings. The summed E-state index contributed by atoms with van der Waals surface area (Å²) in [4.78, 5) is 3.76. The van der Waals surface area contributed by atoms with E-state index in [0.717, 1.165) is 29.3 Å². The third-order valence-corrected chi connectivity index (χ3v) is 6.51. The first-order valence-corrected chi connectivity index (χ1v) is 13.1. The van der Waals surface area contributed by atoms with Crippen molar-refractivity contribution in [1.82, 2.24) is 25.2 Å². The topological polar surface area (TPSA) is 95.2 Å². The van der Waals surface area contributed by atoms with E-state index >= 15 is 8.78 Å². The second kappa shape index (κ2) is 12.9. The molecule has 0 radical (unpaired) electrons. The van der Waals surface area contributed by atoms with E-state index in [1.54, 1.807) is 30.3 Å². The van der Waals surface area contributed by atoms with Crippen molar-refractivity contribution in [3.8, 4) is 23.3 Å². The van der Waals surface area contributed by atoms with E-state index in [1.165, 1.54) is 24.3 Å². The third kappa shape index (κ3) is 7.41. The molecule has 46 heavy (non-hydrogen) atoms. The van der Waals surface area contributed by atoms with Crippen LogP contribution in [0.2, 0.25) is 0 Å². The average Bonchev–Trinajstić information content (AvgIpc) is 3.52. The van der Waals surface area contributed by atoms with Crippen molar-refractivity contribution in [3.05, 3.63) is 131 Å². The van der Waals surface area contributed by atoms with E-state index in [0.29, 0.717) is 29.0 Å². The number of ether oxygens (including phenoxy) is 2. The first-order valence-electron chi connectivity index (χ1n) is 13.1. The summed E-state index contributed by atoms with van der Waals surface area (Å²) >= 11 is 0. The molecule has 2 heterocycles. The number of pyridine rings is 1. The number of aromatic nitrogens is 5.